The van der Waals surface area contributed by atoms with Crippen LogP contribution in [0.25, 0.3) is 10.6 Å². The number of carbonyl (C=O) groups is 2. The van der Waals surface area contributed by atoms with E-state index in [1.165, 1.54) is 41.7 Å². The molecule has 7 nitrogen and oxygen atoms in total. The summed E-state index contributed by atoms with van der Waals surface area (Å²) in [5.41, 5.74) is 1.06. The van der Waals surface area contributed by atoms with Crippen LogP contribution < -0.4 is 10.6 Å². The number of thiazole rings is 1. The number of nitrogens with zero attached hydrogens (tertiary/aromatic N) is 3. The number of amides is 2. The van der Waals surface area contributed by atoms with E-state index < -0.39 is 0 Å². The molecule has 0 aliphatic heterocycles. The number of carbonyl (C=O) groups excluding carboxylic acids is 2. The molecule has 0 fully saturated rings. The van der Waals surface area contributed by atoms with Crippen molar-refractivity contribution < 1.29 is 9.59 Å². The maximum Gasteiger partial charge on any atom is 0.277 e. The normalized spacial score (nSPS) is 10.4. The fourth-order valence-electron chi connectivity index (χ4n) is 2.03. The predicted octanol–water partition coefficient (Wildman–Crippen LogP) is 2.59. The van der Waals surface area contributed by atoms with Crippen molar-refractivity contribution in [2.45, 2.75) is 13.3 Å². The summed E-state index contributed by atoms with van der Waals surface area (Å²) in [7, 11) is 0. The molecule has 2 amide bonds. The molecule has 0 aromatic carbocycles. The first-order valence-electron chi connectivity index (χ1n) is 7.48. The molecule has 0 radical (unpaired) electrons. The Hall–Kier alpha value is -2.65. The Morgan fingerprint density at radius 1 is 1.24 bits per heavy atom. The van der Waals surface area contributed by atoms with Crippen molar-refractivity contribution in [1.82, 2.24) is 20.3 Å². The van der Waals surface area contributed by atoms with Gasteiger partial charge in [0.25, 0.3) is 5.91 Å². The van der Waals surface area contributed by atoms with Crippen molar-refractivity contribution in [2.75, 3.05) is 11.9 Å². The fraction of sp³-hybridized carbons (Fsp3) is 0.188. The minimum absolute atomic E-state index is 0.0280. The zero-order valence-electron chi connectivity index (χ0n) is 13.4. The molecule has 2 N–H and O–H groups in total. The van der Waals surface area contributed by atoms with Gasteiger partial charge in [-0.3, -0.25) is 19.9 Å². The Morgan fingerprint density at radius 2 is 2.12 bits per heavy atom. The van der Waals surface area contributed by atoms with Crippen LogP contribution in [0.3, 0.4) is 0 Å². The summed E-state index contributed by atoms with van der Waals surface area (Å²) in [6.07, 6.45) is 5.17. The molecule has 3 aromatic heterocycles. The van der Waals surface area contributed by atoms with Gasteiger partial charge in [-0.15, -0.1) is 22.7 Å². The zero-order valence-corrected chi connectivity index (χ0v) is 15.0. The minimum atomic E-state index is -0.337. The molecule has 0 aliphatic carbocycles. The van der Waals surface area contributed by atoms with Crippen molar-refractivity contribution >= 4 is 39.6 Å². The average Bonchev–Trinajstić information content (AvgIpc) is 3.24. The lowest BCUT2D eigenvalue weighted by molar-refractivity contribution is -0.118. The van der Waals surface area contributed by atoms with Gasteiger partial charge < -0.3 is 5.32 Å². The van der Waals surface area contributed by atoms with Gasteiger partial charge >= 0.3 is 0 Å². The summed E-state index contributed by atoms with van der Waals surface area (Å²) in [6, 6.07) is 4.02. The van der Waals surface area contributed by atoms with Crippen LogP contribution in [0.2, 0.25) is 0 Å². The number of hydrogen-bond donors (Lipinski definition) is 2. The van der Waals surface area contributed by atoms with Crippen LogP contribution >= 0.6 is 22.7 Å². The van der Waals surface area contributed by atoms with Gasteiger partial charge in [0, 0.05) is 36.1 Å². The monoisotopic (exact) mass is 373 g/mol. The number of anilines is 1. The van der Waals surface area contributed by atoms with Gasteiger partial charge in [-0.2, -0.15) is 0 Å². The van der Waals surface area contributed by atoms with Crippen molar-refractivity contribution in [1.29, 1.82) is 0 Å². The van der Waals surface area contributed by atoms with Gasteiger partial charge in [-0.25, -0.2) is 9.97 Å². The van der Waals surface area contributed by atoms with E-state index in [9.17, 15) is 9.59 Å². The highest BCUT2D eigenvalue weighted by Gasteiger charge is 2.12. The predicted molar refractivity (Wildman–Crippen MR) is 97.8 cm³/mol. The summed E-state index contributed by atoms with van der Waals surface area (Å²) in [4.78, 5) is 37.4. The average molecular weight is 373 g/mol. The molecule has 0 aliphatic rings. The van der Waals surface area contributed by atoms with Crippen LogP contribution in [0.5, 0.6) is 0 Å². The Balaban J connectivity index is 1.62. The van der Waals surface area contributed by atoms with Crippen LogP contribution in [0.15, 0.2) is 36.1 Å². The smallest absolute Gasteiger partial charge is 0.277 e. The molecule has 0 spiro atoms. The van der Waals surface area contributed by atoms with Gasteiger partial charge in [-0.1, -0.05) is 0 Å². The van der Waals surface area contributed by atoms with Crippen molar-refractivity contribution in [2.24, 2.45) is 0 Å². The Bertz CT molecular complexity index is 876. The molecule has 3 rings (SSSR count). The topological polar surface area (TPSA) is 96.9 Å². The summed E-state index contributed by atoms with van der Waals surface area (Å²) < 4.78 is 0. The maximum atomic E-state index is 12.1. The van der Waals surface area contributed by atoms with E-state index in [4.69, 9.17) is 0 Å². The Labute approximate surface area is 152 Å². The first-order valence-corrected chi connectivity index (χ1v) is 9.18. The summed E-state index contributed by atoms with van der Waals surface area (Å²) in [5, 5.41) is 7.92. The van der Waals surface area contributed by atoms with Crippen LogP contribution in [0, 0.1) is 0 Å². The number of nitrogens with one attached hydrogen (secondary N) is 2. The van der Waals surface area contributed by atoms with Crippen LogP contribution in [0.4, 0.5) is 5.13 Å². The van der Waals surface area contributed by atoms with E-state index >= 15 is 0 Å². The van der Waals surface area contributed by atoms with Gasteiger partial charge in [0.15, 0.2) is 5.13 Å². The summed E-state index contributed by atoms with van der Waals surface area (Å²) in [5.74, 6) is -0.365. The third-order valence-electron chi connectivity index (χ3n) is 3.18. The number of hydrogen-bond acceptors (Lipinski definition) is 7. The van der Waals surface area contributed by atoms with E-state index in [0.717, 1.165) is 17.0 Å². The molecular formula is C16H15N5O2S2. The van der Waals surface area contributed by atoms with Crippen LogP contribution in [-0.4, -0.2) is 33.3 Å². The molecule has 0 atom stereocenters. The summed E-state index contributed by atoms with van der Waals surface area (Å²) >= 11 is 2.98. The lowest BCUT2D eigenvalue weighted by Crippen LogP contribution is -2.21. The molecule has 128 valence electrons. The van der Waals surface area contributed by atoms with E-state index in [1.54, 1.807) is 11.3 Å². The van der Waals surface area contributed by atoms with Gasteiger partial charge in [0.1, 0.15) is 5.69 Å². The van der Waals surface area contributed by atoms with E-state index in [1.807, 2.05) is 17.5 Å². The molecule has 0 saturated carbocycles. The first-order chi connectivity index (χ1) is 12.1. The van der Waals surface area contributed by atoms with E-state index in [0.29, 0.717) is 11.7 Å². The lowest BCUT2D eigenvalue weighted by Gasteiger charge is -1.99. The highest BCUT2D eigenvalue weighted by Crippen LogP contribution is 2.31. The van der Waals surface area contributed by atoms with Crippen LogP contribution in [0.1, 0.15) is 22.3 Å². The quantitative estimate of drug-likeness (QED) is 0.692. The third-order valence-corrected chi connectivity index (χ3v) is 5.11. The second kappa shape index (κ2) is 7.95. The van der Waals surface area contributed by atoms with Gasteiger partial charge in [-0.05, 0) is 18.6 Å². The zero-order chi connectivity index (χ0) is 17.6. The molecular weight excluding hydrogens is 358 g/mol. The number of aromatic nitrogens is 3. The van der Waals surface area contributed by atoms with Crippen molar-refractivity contribution in [3.8, 4) is 10.6 Å². The SMILES string of the molecule is CC(=O)NCCc1ccc(-c2csc(NC(=O)c3cnccn3)n2)s1. The highest BCUT2D eigenvalue weighted by atomic mass is 32.1. The molecule has 25 heavy (non-hydrogen) atoms. The minimum Gasteiger partial charge on any atom is -0.356 e. The first kappa shape index (κ1) is 17.2. The largest absolute Gasteiger partial charge is 0.356 e. The summed E-state index contributed by atoms with van der Waals surface area (Å²) in [6.45, 7) is 2.12. The van der Waals surface area contributed by atoms with Crippen LogP contribution in [-0.2, 0) is 11.2 Å². The second-order valence-electron chi connectivity index (χ2n) is 5.08. The molecule has 3 aromatic rings. The molecule has 0 saturated heterocycles. The molecule has 0 unspecified atom stereocenters. The van der Waals surface area contributed by atoms with Crippen molar-refractivity contribution in [3.05, 3.63) is 46.7 Å². The number of thiophene rings is 1. The van der Waals surface area contributed by atoms with E-state index in [2.05, 4.69) is 25.6 Å². The van der Waals surface area contributed by atoms with Gasteiger partial charge in [0.2, 0.25) is 5.91 Å². The fourth-order valence-corrected chi connectivity index (χ4v) is 3.78. The van der Waals surface area contributed by atoms with Crippen molar-refractivity contribution in [3.63, 3.8) is 0 Å². The maximum absolute atomic E-state index is 12.1. The Kier molecular flexibility index (Phi) is 5.46. The standard InChI is InChI=1S/C16H15N5O2S2/c1-10(22)18-5-4-11-2-3-14(25-11)13-9-24-16(20-13)21-15(23)12-8-17-6-7-19-12/h2-3,6-9H,4-5H2,1H3,(H,18,22)(H,20,21,23). The number of rotatable bonds is 6. The molecule has 9 heteroatoms. The van der Waals surface area contributed by atoms with E-state index in [-0.39, 0.29) is 17.5 Å². The molecule has 3 heterocycles. The second-order valence-corrected chi connectivity index (χ2v) is 7.11. The molecule has 0 bridgehead atoms. The van der Waals surface area contributed by atoms with Gasteiger partial charge in [0.05, 0.1) is 16.8 Å². The third kappa shape index (κ3) is 4.68. The highest BCUT2D eigenvalue weighted by molar-refractivity contribution is 7.17. The Morgan fingerprint density at radius 3 is 2.88 bits per heavy atom. The lowest BCUT2D eigenvalue weighted by atomic mass is 10.3.